The summed E-state index contributed by atoms with van der Waals surface area (Å²) in [4.78, 5) is 22.7. The first-order valence-corrected chi connectivity index (χ1v) is 5.16. The molecule has 0 aliphatic carbocycles. The van der Waals surface area contributed by atoms with Gasteiger partial charge in [-0.2, -0.15) is 0 Å². The summed E-state index contributed by atoms with van der Waals surface area (Å²) in [6.07, 6.45) is 0.555. The number of methoxy groups -OCH3 is 1. The van der Waals surface area contributed by atoms with Crippen molar-refractivity contribution in [2.45, 2.75) is 6.42 Å². The summed E-state index contributed by atoms with van der Waals surface area (Å²) < 4.78 is 5.17. The zero-order valence-corrected chi connectivity index (χ0v) is 9.84. The van der Waals surface area contributed by atoms with Gasteiger partial charge in [-0.05, 0) is 18.1 Å². The summed E-state index contributed by atoms with van der Waals surface area (Å²) in [6.45, 7) is 0.339. The van der Waals surface area contributed by atoms with Crippen molar-refractivity contribution in [2.75, 3.05) is 20.7 Å². The number of carbonyl (C=O) groups is 2. The fourth-order valence-electron chi connectivity index (χ4n) is 1.46. The highest BCUT2D eigenvalue weighted by atomic mass is 16.5. The predicted molar refractivity (Wildman–Crippen MR) is 62.0 cm³/mol. The number of benzene rings is 1. The van der Waals surface area contributed by atoms with Crippen molar-refractivity contribution >= 4 is 11.9 Å². The van der Waals surface area contributed by atoms with Gasteiger partial charge in [-0.25, -0.2) is 4.79 Å². The molecule has 1 aromatic carbocycles. The monoisotopic (exact) mass is 237 g/mol. The van der Waals surface area contributed by atoms with Gasteiger partial charge in [0.05, 0.1) is 7.11 Å². The Hall–Kier alpha value is -2.04. The van der Waals surface area contributed by atoms with Gasteiger partial charge in [0.15, 0.2) is 0 Å². The molecule has 5 heteroatoms. The highest BCUT2D eigenvalue weighted by molar-refractivity contribution is 6.31. The number of nitrogens with zero attached hydrogens (tertiary/aromatic N) is 1. The molecule has 0 unspecified atom stereocenters. The highest BCUT2D eigenvalue weighted by Gasteiger charge is 2.16. The summed E-state index contributed by atoms with van der Waals surface area (Å²) in [6, 6.07) is 7.44. The summed E-state index contributed by atoms with van der Waals surface area (Å²) in [5.74, 6) is -1.60. The van der Waals surface area contributed by atoms with Gasteiger partial charge in [-0.3, -0.25) is 4.79 Å². The third-order valence-corrected chi connectivity index (χ3v) is 2.44. The van der Waals surface area contributed by atoms with Gasteiger partial charge in [0.2, 0.25) is 0 Å². The molecule has 0 heterocycles. The number of para-hydroxylation sites is 1. The summed E-state index contributed by atoms with van der Waals surface area (Å²) >= 11 is 0. The van der Waals surface area contributed by atoms with Crippen LogP contribution in [0.15, 0.2) is 24.3 Å². The third kappa shape index (κ3) is 3.48. The molecule has 17 heavy (non-hydrogen) atoms. The van der Waals surface area contributed by atoms with Crippen molar-refractivity contribution in [1.82, 2.24) is 4.90 Å². The summed E-state index contributed by atoms with van der Waals surface area (Å²) in [7, 11) is 3.04. The average molecular weight is 237 g/mol. The maximum Gasteiger partial charge on any atom is 0.394 e. The topological polar surface area (TPSA) is 66.8 Å². The summed E-state index contributed by atoms with van der Waals surface area (Å²) in [5, 5.41) is 8.53. The number of hydrogen-bond donors (Lipinski definition) is 1. The Morgan fingerprint density at radius 3 is 2.59 bits per heavy atom. The molecule has 1 N–H and O–H groups in total. The average Bonchev–Trinajstić information content (AvgIpc) is 2.35. The standard InChI is InChI=1S/C12H15NO4/c1-13(11(14)12(15)16)8-7-9-5-3-4-6-10(9)17-2/h3-6H,7-8H2,1-2H3,(H,15,16). The van der Waals surface area contributed by atoms with E-state index >= 15 is 0 Å². The Balaban J connectivity index is 2.61. The molecule has 0 radical (unpaired) electrons. The number of carboxylic acid groups (broad SMARTS) is 1. The fraction of sp³-hybridized carbons (Fsp3) is 0.333. The lowest BCUT2D eigenvalue weighted by atomic mass is 10.1. The molecule has 0 spiro atoms. The van der Waals surface area contributed by atoms with E-state index in [1.165, 1.54) is 11.9 Å². The molecule has 5 nitrogen and oxygen atoms in total. The fourth-order valence-corrected chi connectivity index (χ4v) is 1.46. The van der Waals surface area contributed by atoms with Crippen LogP contribution in [0.3, 0.4) is 0 Å². The van der Waals surface area contributed by atoms with Gasteiger partial charge in [0.25, 0.3) is 0 Å². The number of hydrogen-bond acceptors (Lipinski definition) is 3. The maximum absolute atomic E-state index is 11.1. The van der Waals surface area contributed by atoms with E-state index in [0.717, 1.165) is 11.3 Å². The van der Waals surface area contributed by atoms with Crippen LogP contribution >= 0.6 is 0 Å². The SMILES string of the molecule is COc1ccccc1CCN(C)C(=O)C(=O)O. The van der Waals surface area contributed by atoms with Crippen molar-refractivity contribution in [3.05, 3.63) is 29.8 Å². The molecule has 0 bridgehead atoms. The van der Waals surface area contributed by atoms with Gasteiger partial charge in [-0.1, -0.05) is 18.2 Å². The lowest BCUT2D eigenvalue weighted by Gasteiger charge is -2.15. The van der Waals surface area contributed by atoms with Crippen LogP contribution in [0.4, 0.5) is 0 Å². The molecule has 0 saturated heterocycles. The number of amides is 1. The lowest BCUT2D eigenvalue weighted by Crippen LogP contribution is -2.34. The lowest BCUT2D eigenvalue weighted by molar-refractivity contribution is -0.155. The van der Waals surface area contributed by atoms with Gasteiger partial charge < -0.3 is 14.7 Å². The second-order valence-corrected chi connectivity index (χ2v) is 3.59. The van der Waals surface area contributed by atoms with E-state index in [1.807, 2.05) is 24.3 Å². The quantitative estimate of drug-likeness (QED) is 0.786. The van der Waals surface area contributed by atoms with Crippen LogP contribution in [0.25, 0.3) is 0 Å². The van der Waals surface area contributed by atoms with Gasteiger partial charge in [0, 0.05) is 13.6 Å². The Kier molecular flexibility index (Phi) is 4.51. The molecule has 0 aliphatic heterocycles. The van der Waals surface area contributed by atoms with Gasteiger partial charge >= 0.3 is 11.9 Å². The van der Waals surface area contributed by atoms with Crippen LogP contribution in [-0.4, -0.2) is 42.6 Å². The second kappa shape index (κ2) is 5.89. The van der Waals surface area contributed by atoms with E-state index in [4.69, 9.17) is 9.84 Å². The number of aliphatic carboxylic acids is 1. The van der Waals surface area contributed by atoms with E-state index in [0.29, 0.717) is 13.0 Å². The van der Waals surface area contributed by atoms with Crippen LogP contribution < -0.4 is 4.74 Å². The first kappa shape index (κ1) is 13.0. The van der Waals surface area contributed by atoms with E-state index < -0.39 is 11.9 Å². The molecule has 92 valence electrons. The molecule has 0 aromatic heterocycles. The maximum atomic E-state index is 11.1. The largest absolute Gasteiger partial charge is 0.496 e. The van der Waals surface area contributed by atoms with E-state index in [2.05, 4.69) is 0 Å². The van der Waals surface area contributed by atoms with Crippen LogP contribution in [0.5, 0.6) is 5.75 Å². The molecular weight excluding hydrogens is 222 g/mol. The first-order chi connectivity index (χ1) is 8.06. The molecule has 0 fully saturated rings. The highest BCUT2D eigenvalue weighted by Crippen LogP contribution is 2.17. The zero-order chi connectivity index (χ0) is 12.8. The van der Waals surface area contributed by atoms with E-state index in [9.17, 15) is 9.59 Å². The molecular formula is C12H15NO4. The third-order valence-electron chi connectivity index (χ3n) is 2.44. The first-order valence-electron chi connectivity index (χ1n) is 5.16. The van der Waals surface area contributed by atoms with Crippen molar-refractivity contribution in [1.29, 1.82) is 0 Å². The Bertz CT molecular complexity index is 417. The van der Waals surface area contributed by atoms with Crippen LogP contribution in [-0.2, 0) is 16.0 Å². The Morgan fingerprint density at radius 1 is 1.35 bits per heavy atom. The van der Waals surface area contributed by atoms with Crippen molar-refractivity contribution in [3.63, 3.8) is 0 Å². The summed E-state index contributed by atoms with van der Waals surface area (Å²) in [5.41, 5.74) is 0.944. The second-order valence-electron chi connectivity index (χ2n) is 3.59. The molecule has 0 aliphatic rings. The zero-order valence-electron chi connectivity index (χ0n) is 9.84. The predicted octanol–water partition coefficient (Wildman–Crippen LogP) is 0.781. The van der Waals surface area contributed by atoms with Gasteiger partial charge in [-0.15, -0.1) is 0 Å². The van der Waals surface area contributed by atoms with E-state index in [-0.39, 0.29) is 0 Å². The normalized spacial score (nSPS) is 9.76. The van der Waals surface area contributed by atoms with Crippen LogP contribution in [0.2, 0.25) is 0 Å². The van der Waals surface area contributed by atoms with E-state index in [1.54, 1.807) is 7.11 Å². The minimum absolute atomic E-state index is 0.339. The number of carbonyl (C=O) groups excluding carboxylic acids is 1. The van der Waals surface area contributed by atoms with Crippen molar-refractivity contribution in [2.24, 2.45) is 0 Å². The van der Waals surface area contributed by atoms with Crippen LogP contribution in [0.1, 0.15) is 5.56 Å². The number of carboxylic acids is 1. The number of likely N-dealkylation sites (N-methyl/N-ethyl adjacent to an activating group) is 1. The number of ether oxygens (including phenoxy) is 1. The Labute approximate surface area is 99.6 Å². The molecule has 1 aromatic rings. The smallest absolute Gasteiger partial charge is 0.394 e. The molecule has 1 amide bonds. The van der Waals surface area contributed by atoms with Crippen molar-refractivity contribution in [3.8, 4) is 5.75 Å². The molecule has 1 rings (SSSR count). The minimum atomic E-state index is -1.44. The molecule has 0 saturated carbocycles. The van der Waals surface area contributed by atoms with Gasteiger partial charge in [0.1, 0.15) is 5.75 Å². The number of rotatable bonds is 4. The minimum Gasteiger partial charge on any atom is -0.496 e. The molecule has 0 atom stereocenters. The Morgan fingerprint density at radius 2 is 2.00 bits per heavy atom. The van der Waals surface area contributed by atoms with Crippen LogP contribution in [0, 0.1) is 0 Å². The van der Waals surface area contributed by atoms with Crippen molar-refractivity contribution < 1.29 is 19.4 Å².